The molecule has 0 rings (SSSR count). The highest BCUT2D eigenvalue weighted by Crippen LogP contribution is 1.98. The van der Waals surface area contributed by atoms with Gasteiger partial charge >= 0.3 is 0 Å². The summed E-state index contributed by atoms with van der Waals surface area (Å²) >= 11 is 0. The fourth-order valence-electron chi connectivity index (χ4n) is 1.04. The second kappa shape index (κ2) is 17.2. The molecule has 0 saturated heterocycles. The molecule has 1 atom stereocenters. The maximum Gasteiger partial charge on any atom is 0.0745 e. The van der Waals surface area contributed by atoms with E-state index in [2.05, 4.69) is 11.7 Å². The van der Waals surface area contributed by atoms with Crippen LogP contribution in [0.15, 0.2) is 0 Å². The van der Waals surface area contributed by atoms with Crippen LogP contribution in [0.3, 0.4) is 0 Å². The minimum atomic E-state index is -0.324. The largest absolute Gasteiger partial charge is 0.394 e. The van der Waals surface area contributed by atoms with Gasteiger partial charge in [-0.2, -0.15) is 0 Å². The van der Waals surface area contributed by atoms with Crippen molar-refractivity contribution < 1.29 is 19.7 Å². The molecule has 0 heterocycles. The molecule has 0 bridgehead atoms. The van der Waals surface area contributed by atoms with Gasteiger partial charge in [0.2, 0.25) is 0 Å². The Morgan fingerprint density at radius 1 is 1.12 bits per heavy atom. The quantitative estimate of drug-likeness (QED) is 0.597. The van der Waals surface area contributed by atoms with E-state index in [0.29, 0.717) is 13.2 Å². The summed E-state index contributed by atoms with van der Waals surface area (Å²) in [6.45, 7) is 5.75. The molecule has 0 aliphatic heterocycles. The Labute approximate surface area is 99.6 Å². The SMILES string of the molecule is CCCCCCOCCO.COCC(C)O. The first kappa shape index (κ1) is 18.2. The van der Waals surface area contributed by atoms with Gasteiger partial charge in [0.15, 0.2) is 0 Å². The topological polar surface area (TPSA) is 58.9 Å². The third-order valence-corrected chi connectivity index (χ3v) is 1.79. The monoisotopic (exact) mass is 236 g/mol. The molecule has 0 fully saturated rings. The summed E-state index contributed by atoms with van der Waals surface area (Å²) in [6.07, 6.45) is 4.62. The van der Waals surface area contributed by atoms with E-state index in [1.54, 1.807) is 14.0 Å². The Morgan fingerprint density at radius 3 is 2.19 bits per heavy atom. The van der Waals surface area contributed by atoms with E-state index >= 15 is 0 Å². The first-order valence-corrected chi connectivity index (χ1v) is 6.04. The molecule has 0 aromatic rings. The predicted molar refractivity (Wildman–Crippen MR) is 65.6 cm³/mol. The van der Waals surface area contributed by atoms with Crippen LogP contribution in [0.5, 0.6) is 0 Å². The summed E-state index contributed by atoms with van der Waals surface area (Å²) in [4.78, 5) is 0. The standard InChI is InChI=1S/C8H18O2.C4H10O2/c1-2-3-4-5-7-10-8-6-9;1-4(5)3-6-2/h9H,2-8H2,1H3;4-5H,3H2,1-2H3. The lowest BCUT2D eigenvalue weighted by molar-refractivity contribution is 0.0765. The molecule has 0 aromatic carbocycles. The van der Waals surface area contributed by atoms with E-state index in [0.717, 1.165) is 13.0 Å². The van der Waals surface area contributed by atoms with Crippen molar-refractivity contribution in [1.82, 2.24) is 0 Å². The number of aliphatic hydroxyl groups excluding tert-OH is 2. The van der Waals surface area contributed by atoms with Gasteiger partial charge in [-0.25, -0.2) is 0 Å². The molecule has 0 aliphatic carbocycles. The molecule has 4 nitrogen and oxygen atoms in total. The van der Waals surface area contributed by atoms with Crippen LogP contribution in [0.1, 0.15) is 39.5 Å². The second-order valence-electron chi connectivity index (χ2n) is 3.70. The average Bonchev–Trinajstić information content (AvgIpc) is 2.24. The zero-order valence-corrected chi connectivity index (χ0v) is 10.9. The van der Waals surface area contributed by atoms with Crippen LogP contribution < -0.4 is 0 Å². The van der Waals surface area contributed by atoms with Crippen molar-refractivity contribution in [2.75, 3.05) is 33.5 Å². The van der Waals surface area contributed by atoms with E-state index in [1.807, 2.05) is 0 Å². The van der Waals surface area contributed by atoms with Crippen molar-refractivity contribution in [2.24, 2.45) is 0 Å². The van der Waals surface area contributed by atoms with Crippen LogP contribution in [0.2, 0.25) is 0 Å². The number of aliphatic hydroxyl groups is 2. The normalized spacial score (nSPS) is 11.8. The molecule has 0 saturated carbocycles. The number of unbranched alkanes of at least 4 members (excludes halogenated alkanes) is 3. The zero-order chi connectivity index (χ0) is 12.6. The van der Waals surface area contributed by atoms with Gasteiger partial charge in [0.1, 0.15) is 0 Å². The van der Waals surface area contributed by atoms with Gasteiger partial charge in [0.25, 0.3) is 0 Å². The van der Waals surface area contributed by atoms with Gasteiger partial charge < -0.3 is 19.7 Å². The molecular weight excluding hydrogens is 208 g/mol. The minimum absolute atomic E-state index is 0.147. The van der Waals surface area contributed by atoms with Crippen molar-refractivity contribution in [1.29, 1.82) is 0 Å². The van der Waals surface area contributed by atoms with Crippen molar-refractivity contribution in [3.63, 3.8) is 0 Å². The van der Waals surface area contributed by atoms with Crippen LogP contribution in [-0.4, -0.2) is 49.9 Å². The Bertz CT molecular complexity index is 99.2. The number of methoxy groups -OCH3 is 1. The molecule has 0 spiro atoms. The highest BCUT2D eigenvalue weighted by Gasteiger charge is 1.88. The summed E-state index contributed by atoms with van der Waals surface area (Å²) in [7, 11) is 1.56. The highest BCUT2D eigenvalue weighted by molar-refractivity contribution is 4.38. The average molecular weight is 236 g/mol. The third-order valence-electron chi connectivity index (χ3n) is 1.79. The van der Waals surface area contributed by atoms with Crippen LogP contribution in [-0.2, 0) is 9.47 Å². The predicted octanol–water partition coefficient (Wildman–Crippen LogP) is 1.59. The van der Waals surface area contributed by atoms with Gasteiger partial charge in [0, 0.05) is 13.7 Å². The van der Waals surface area contributed by atoms with Gasteiger partial charge in [-0.3, -0.25) is 0 Å². The molecule has 0 aliphatic rings. The maximum atomic E-state index is 8.43. The van der Waals surface area contributed by atoms with Gasteiger partial charge in [-0.05, 0) is 13.3 Å². The van der Waals surface area contributed by atoms with Crippen molar-refractivity contribution in [3.05, 3.63) is 0 Å². The lowest BCUT2D eigenvalue weighted by Crippen LogP contribution is -2.07. The number of hydrogen-bond donors (Lipinski definition) is 2. The van der Waals surface area contributed by atoms with E-state index in [1.165, 1.54) is 19.3 Å². The van der Waals surface area contributed by atoms with E-state index in [-0.39, 0.29) is 12.7 Å². The first-order chi connectivity index (χ1) is 7.68. The molecule has 2 N–H and O–H groups in total. The summed E-state index contributed by atoms with van der Waals surface area (Å²) in [5.41, 5.74) is 0. The molecule has 100 valence electrons. The second-order valence-corrected chi connectivity index (χ2v) is 3.70. The van der Waals surface area contributed by atoms with Crippen LogP contribution in [0, 0.1) is 0 Å². The third kappa shape index (κ3) is 23.6. The van der Waals surface area contributed by atoms with Crippen LogP contribution >= 0.6 is 0 Å². The molecule has 1 unspecified atom stereocenters. The fraction of sp³-hybridized carbons (Fsp3) is 1.00. The van der Waals surface area contributed by atoms with E-state index in [9.17, 15) is 0 Å². The Kier molecular flexibility index (Phi) is 19.6. The molecule has 16 heavy (non-hydrogen) atoms. The Hall–Kier alpha value is -0.160. The molecule has 4 heteroatoms. The summed E-state index contributed by atoms with van der Waals surface area (Å²) in [6, 6.07) is 0. The maximum absolute atomic E-state index is 8.43. The molecule has 0 aromatic heterocycles. The Morgan fingerprint density at radius 2 is 1.81 bits per heavy atom. The van der Waals surface area contributed by atoms with Crippen LogP contribution in [0.4, 0.5) is 0 Å². The lowest BCUT2D eigenvalue weighted by Gasteiger charge is -2.00. The molecular formula is C12H28O4. The summed E-state index contributed by atoms with van der Waals surface area (Å²) in [5, 5.41) is 16.8. The van der Waals surface area contributed by atoms with Gasteiger partial charge in [0.05, 0.1) is 25.9 Å². The first-order valence-electron chi connectivity index (χ1n) is 6.04. The van der Waals surface area contributed by atoms with Gasteiger partial charge in [-0.15, -0.1) is 0 Å². The van der Waals surface area contributed by atoms with E-state index in [4.69, 9.17) is 14.9 Å². The van der Waals surface area contributed by atoms with Crippen LogP contribution in [0.25, 0.3) is 0 Å². The van der Waals surface area contributed by atoms with E-state index < -0.39 is 0 Å². The fourth-order valence-corrected chi connectivity index (χ4v) is 1.04. The summed E-state index contributed by atoms with van der Waals surface area (Å²) < 4.78 is 9.63. The lowest BCUT2D eigenvalue weighted by atomic mass is 10.2. The highest BCUT2D eigenvalue weighted by atomic mass is 16.5. The zero-order valence-electron chi connectivity index (χ0n) is 10.9. The number of rotatable bonds is 9. The van der Waals surface area contributed by atoms with Crippen molar-refractivity contribution in [3.8, 4) is 0 Å². The smallest absolute Gasteiger partial charge is 0.0745 e. The number of hydrogen-bond acceptors (Lipinski definition) is 4. The summed E-state index contributed by atoms with van der Waals surface area (Å²) in [5.74, 6) is 0. The molecule has 0 amide bonds. The number of ether oxygens (including phenoxy) is 2. The molecule has 0 radical (unpaired) electrons. The van der Waals surface area contributed by atoms with Crippen molar-refractivity contribution >= 4 is 0 Å². The van der Waals surface area contributed by atoms with Gasteiger partial charge in [-0.1, -0.05) is 26.2 Å². The minimum Gasteiger partial charge on any atom is -0.394 e. The Balaban J connectivity index is 0. The van der Waals surface area contributed by atoms with Crippen molar-refractivity contribution in [2.45, 2.75) is 45.6 Å².